The van der Waals surface area contributed by atoms with Crippen LogP contribution in [0.4, 0.5) is 0 Å². The first kappa shape index (κ1) is 13.2. The predicted molar refractivity (Wildman–Crippen MR) is 58.2 cm³/mol. The summed E-state index contributed by atoms with van der Waals surface area (Å²) in [6.45, 7) is 1.88. The van der Waals surface area contributed by atoms with Gasteiger partial charge in [0.2, 0.25) is 0 Å². The Morgan fingerprint density at radius 2 is 2.35 bits per heavy atom. The summed E-state index contributed by atoms with van der Waals surface area (Å²) in [4.78, 5) is 26.8. The highest BCUT2D eigenvalue weighted by Gasteiger charge is 2.33. The van der Waals surface area contributed by atoms with Crippen LogP contribution >= 0.6 is 0 Å². The molecule has 0 N–H and O–H groups in total. The molecule has 1 aliphatic heterocycles. The van der Waals surface area contributed by atoms with E-state index in [2.05, 4.69) is 9.73 Å². The van der Waals surface area contributed by atoms with Crippen molar-refractivity contribution in [1.29, 1.82) is 5.26 Å². The third kappa shape index (κ3) is 3.03. The topological polar surface area (TPSA) is 88.8 Å². The maximum absolute atomic E-state index is 11.5. The van der Waals surface area contributed by atoms with Crippen LogP contribution in [0.3, 0.4) is 0 Å². The van der Waals surface area contributed by atoms with Gasteiger partial charge >= 0.3 is 11.9 Å². The average Bonchev–Trinajstić information content (AvgIpc) is 2.79. The van der Waals surface area contributed by atoms with Crippen molar-refractivity contribution in [2.75, 3.05) is 13.7 Å². The van der Waals surface area contributed by atoms with Crippen LogP contribution < -0.4 is 0 Å². The van der Waals surface area contributed by atoms with Crippen LogP contribution in [0.2, 0.25) is 0 Å². The fourth-order valence-corrected chi connectivity index (χ4v) is 1.63. The maximum Gasteiger partial charge on any atom is 0.330 e. The molecule has 1 heterocycles. The molecular formula is C11H14N2O4. The molecule has 0 aromatic carbocycles. The van der Waals surface area contributed by atoms with Crippen molar-refractivity contribution in [1.82, 2.24) is 0 Å². The average molecular weight is 238 g/mol. The number of hydrogen-bond donors (Lipinski definition) is 0. The number of ether oxygens (including phenoxy) is 2. The lowest BCUT2D eigenvalue weighted by molar-refractivity contribution is -0.144. The van der Waals surface area contributed by atoms with Gasteiger partial charge < -0.3 is 9.47 Å². The number of rotatable bonds is 4. The van der Waals surface area contributed by atoms with E-state index in [0.29, 0.717) is 18.6 Å². The molecule has 0 aromatic heterocycles. The monoisotopic (exact) mass is 238 g/mol. The van der Waals surface area contributed by atoms with E-state index in [0.717, 1.165) is 0 Å². The molecule has 0 fully saturated rings. The van der Waals surface area contributed by atoms with E-state index in [1.165, 1.54) is 7.11 Å². The van der Waals surface area contributed by atoms with Gasteiger partial charge in [0.1, 0.15) is 6.04 Å². The summed E-state index contributed by atoms with van der Waals surface area (Å²) in [7, 11) is 1.28. The first-order valence-electron chi connectivity index (χ1n) is 5.34. The summed E-state index contributed by atoms with van der Waals surface area (Å²) in [6.07, 6.45) is 0.913. The Morgan fingerprint density at radius 1 is 1.65 bits per heavy atom. The third-order valence-corrected chi connectivity index (χ3v) is 2.45. The molecule has 2 unspecified atom stereocenters. The van der Waals surface area contributed by atoms with E-state index in [-0.39, 0.29) is 6.61 Å². The van der Waals surface area contributed by atoms with Crippen LogP contribution in [0, 0.1) is 17.2 Å². The van der Waals surface area contributed by atoms with Gasteiger partial charge in [0, 0.05) is 5.71 Å². The van der Waals surface area contributed by atoms with Gasteiger partial charge in [-0.1, -0.05) is 0 Å². The predicted octanol–water partition coefficient (Wildman–Crippen LogP) is 0.466. The van der Waals surface area contributed by atoms with Crippen molar-refractivity contribution in [3.8, 4) is 6.07 Å². The summed E-state index contributed by atoms with van der Waals surface area (Å²) >= 11 is 0. The Morgan fingerprint density at radius 3 is 2.88 bits per heavy atom. The largest absolute Gasteiger partial charge is 0.467 e. The molecule has 6 nitrogen and oxygen atoms in total. The molecule has 17 heavy (non-hydrogen) atoms. The summed E-state index contributed by atoms with van der Waals surface area (Å²) < 4.78 is 9.33. The van der Waals surface area contributed by atoms with Gasteiger partial charge in [-0.05, 0) is 19.8 Å². The first-order valence-corrected chi connectivity index (χ1v) is 5.34. The number of nitrogens with zero attached hydrogens (tertiary/aromatic N) is 2. The van der Waals surface area contributed by atoms with Gasteiger partial charge in [-0.25, -0.2) is 4.79 Å². The molecule has 0 amide bonds. The molecule has 0 spiro atoms. The van der Waals surface area contributed by atoms with E-state index in [9.17, 15) is 9.59 Å². The van der Waals surface area contributed by atoms with Crippen molar-refractivity contribution in [3.05, 3.63) is 0 Å². The van der Waals surface area contributed by atoms with Crippen molar-refractivity contribution >= 4 is 17.7 Å². The number of esters is 2. The highest BCUT2D eigenvalue weighted by molar-refractivity contribution is 6.06. The lowest BCUT2D eigenvalue weighted by Crippen LogP contribution is -2.23. The smallest absolute Gasteiger partial charge is 0.330 e. The van der Waals surface area contributed by atoms with Crippen LogP contribution in [0.1, 0.15) is 19.8 Å². The number of carbonyl (C=O) groups is 2. The number of nitriles is 1. The minimum absolute atomic E-state index is 0.213. The lowest BCUT2D eigenvalue weighted by atomic mass is 10.0. The van der Waals surface area contributed by atoms with E-state index < -0.39 is 23.9 Å². The van der Waals surface area contributed by atoms with Crippen molar-refractivity contribution in [3.63, 3.8) is 0 Å². The fourth-order valence-electron chi connectivity index (χ4n) is 1.63. The van der Waals surface area contributed by atoms with Crippen molar-refractivity contribution in [2.45, 2.75) is 25.8 Å². The minimum Gasteiger partial charge on any atom is -0.467 e. The molecule has 2 atom stereocenters. The second-order valence-corrected chi connectivity index (χ2v) is 3.51. The Bertz CT molecular complexity index is 383. The summed E-state index contributed by atoms with van der Waals surface area (Å²) in [5, 5.41) is 8.92. The van der Waals surface area contributed by atoms with Gasteiger partial charge in [-0.2, -0.15) is 5.26 Å². The molecule has 0 saturated heterocycles. The second kappa shape index (κ2) is 5.99. The van der Waals surface area contributed by atoms with Gasteiger partial charge in [-0.15, -0.1) is 0 Å². The quantitative estimate of drug-likeness (QED) is 0.664. The molecule has 1 aliphatic rings. The number of carbonyl (C=O) groups excluding carboxylic acids is 2. The van der Waals surface area contributed by atoms with Crippen molar-refractivity contribution in [2.24, 2.45) is 10.9 Å². The van der Waals surface area contributed by atoms with Crippen LogP contribution in [0.25, 0.3) is 0 Å². The molecule has 0 aliphatic carbocycles. The van der Waals surface area contributed by atoms with Crippen LogP contribution in [0.15, 0.2) is 4.99 Å². The van der Waals surface area contributed by atoms with E-state index >= 15 is 0 Å². The fraction of sp³-hybridized carbons (Fsp3) is 0.636. The van der Waals surface area contributed by atoms with E-state index in [1.54, 1.807) is 6.92 Å². The Balaban J connectivity index is 2.76. The number of hydrogen-bond acceptors (Lipinski definition) is 6. The molecule has 0 aromatic rings. The van der Waals surface area contributed by atoms with Gasteiger partial charge in [-0.3, -0.25) is 9.79 Å². The molecule has 0 radical (unpaired) electrons. The van der Waals surface area contributed by atoms with Gasteiger partial charge in [0.25, 0.3) is 0 Å². The van der Waals surface area contributed by atoms with Crippen LogP contribution in [0.5, 0.6) is 0 Å². The zero-order valence-electron chi connectivity index (χ0n) is 9.80. The molecule has 6 heteroatoms. The lowest BCUT2D eigenvalue weighted by Gasteiger charge is -2.07. The van der Waals surface area contributed by atoms with E-state index in [1.807, 2.05) is 6.07 Å². The highest BCUT2D eigenvalue weighted by Crippen LogP contribution is 2.20. The number of aliphatic imine (C=N–C) groups is 1. The Hall–Kier alpha value is -1.90. The third-order valence-electron chi connectivity index (χ3n) is 2.45. The summed E-state index contributed by atoms with van der Waals surface area (Å²) in [6, 6.07) is 1.25. The van der Waals surface area contributed by atoms with Gasteiger partial charge in [0.05, 0.1) is 19.8 Å². The Labute approximate surface area is 99.2 Å². The zero-order chi connectivity index (χ0) is 12.8. The molecular weight excluding hydrogens is 224 g/mol. The molecule has 0 saturated carbocycles. The van der Waals surface area contributed by atoms with Crippen LogP contribution in [-0.2, 0) is 19.1 Å². The standard InChI is InChI=1S/C11H14N2O4/c1-3-17-10(14)7(6-12)8-4-5-9(13-8)11(15)16-2/h7,9H,3-5H2,1-2H3. The minimum atomic E-state index is -1.01. The second-order valence-electron chi connectivity index (χ2n) is 3.51. The molecule has 92 valence electrons. The maximum atomic E-state index is 11.5. The summed E-state index contributed by atoms with van der Waals surface area (Å²) in [5.74, 6) is -2.07. The Kier molecular flexibility index (Phi) is 4.64. The van der Waals surface area contributed by atoms with Gasteiger partial charge in [0.15, 0.2) is 5.92 Å². The SMILES string of the molecule is CCOC(=O)C(C#N)C1=NC(C(=O)OC)CC1. The van der Waals surface area contributed by atoms with Crippen molar-refractivity contribution < 1.29 is 19.1 Å². The normalized spacial score (nSPS) is 20.1. The molecule has 0 bridgehead atoms. The zero-order valence-corrected chi connectivity index (χ0v) is 9.80. The van der Waals surface area contributed by atoms with Crippen LogP contribution in [-0.4, -0.2) is 37.4 Å². The first-order chi connectivity index (χ1) is 8.13. The number of methoxy groups -OCH3 is 1. The van der Waals surface area contributed by atoms with E-state index in [4.69, 9.17) is 10.00 Å². The highest BCUT2D eigenvalue weighted by atomic mass is 16.5. The summed E-state index contributed by atoms with van der Waals surface area (Å²) in [5.41, 5.74) is 0.404. The molecule has 1 rings (SSSR count).